The smallest absolute Gasteiger partial charge is 0.256 e. The summed E-state index contributed by atoms with van der Waals surface area (Å²) in [6, 6.07) is 6.74. The zero-order valence-electron chi connectivity index (χ0n) is 20.8. The van der Waals surface area contributed by atoms with Gasteiger partial charge < -0.3 is 28.7 Å². The van der Waals surface area contributed by atoms with Crippen LogP contribution in [0.25, 0.3) is 0 Å². The van der Waals surface area contributed by atoms with Gasteiger partial charge in [-0.1, -0.05) is 0 Å². The number of hydrogen-bond donors (Lipinski definition) is 0. The van der Waals surface area contributed by atoms with Crippen molar-refractivity contribution >= 4 is 35.6 Å². The summed E-state index contributed by atoms with van der Waals surface area (Å²) in [6.07, 6.45) is 7.40. The molecule has 2 aromatic carbocycles. The van der Waals surface area contributed by atoms with Crippen LogP contribution in [0.2, 0.25) is 0 Å². The van der Waals surface area contributed by atoms with Gasteiger partial charge in [0.1, 0.15) is 0 Å². The minimum atomic E-state index is -0.197. The van der Waals surface area contributed by atoms with E-state index < -0.39 is 0 Å². The number of nitrogens with zero attached hydrogens (tertiary/aromatic N) is 4. The molecule has 10 heteroatoms. The molecule has 0 unspecified atom stereocenters. The standard InChI is InChI=1S/C27H28N4O6/c1-34-22-11-20-18(26(32)30-7-3-5-16(30)13-28-20)9-24(22)36-15-37-25-10-19-21(12-23(25)35-2)29-14-17-6-4-8-31(17)27(19)33/h9-14,16-17H,3-8,15H2,1-2H3/t16-,17-/m0/s1. The molecule has 2 aromatic rings. The van der Waals surface area contributed by atoms with Gasteiger partial charge in [-0.25, -0.2) is 0 Å². The summed E-state index contributed by atoms with van der Waals surface area (Å²) < 4.78 is 22.8. The van der Waals surface area contributed by atoms with Crippen LogP contribution < -0.4 is 18.9 Å². The van der Waals surface area contributed by atoms with Gasteiger partial charge in [0.05, 0.1) is 48.8 Å². The minimum absolute atomic E-state index is 0.0159. The van der Waals surface area contributed by atoms with Crippen molar-refractivity contribution in [3.05, 3.63) is 35.4 Å². The molecule has 4 heterocycles. The molecule has 2 saturated heterocycles. The molecule has 2 amide bonds. The van der Waals surface area contributed by atoms with Crippen molar-refractivity contribution in [3.8, 4) is 23.0 Å². The van der Waals surface area contributed by atoms with E-state index in [0.29, 0.717) is 58.6 Å². The predicted molar refractivity (Wildman–Crippen MR) is 137 cm³/mol. The normalized spacial score (nSPS) is 21.6. The number of methoxy groups -OCH3 is 2. The topological polar surface area (TPSA) is 102 Å². The first-order valence-corrected chi connectivity index (χ1v) is 12.5. The molecule has 4 aliphatic rings. The summed E-state index contributed by atoms with van der Waals surface area (Å²) in [5.41, 5.74) is 2.03. The maximum absolute atomic E-state index is 13.2. The number of carbonyl (C=O) groups excluding carboxylic acids is 2. The Hall–Kier alpha value is -4.08. The average Bonchev–Trinajstić information content (AvgIpc) is 3.54. The number of rotatable bonds is 6. The molecular formula is C27H28N4O6. The third-order valence-corrected chi connectivity index (χ3v) is 7.35. The Morgan fingerprint density at radius 3 is 1.62 bits per heavy atom. The molecule has 10 nitrogen and oxygen atoms in total. The van der Waals surface area contributed by atoms with Gasteiger partial charge in [0.2, 0.25) is 6.79 Å². The first kappa shape index (κ1) is 23.3. The Labute approximate surface area is 214 Å². The lowest BCUT2D eigenvalue weighted by Crippen LogP contribution is -2.35. The second-order valence-corrected chi connectivity index (χ2v) is 9.42. The largest absolute Gasteiger partial charge is 0.493 e. The van der Waals surface area contributed by atoms with Crippen molar-refractivity contribution in [1.82, 2.24) is 9.80 Å². The summed E-state index contributed by atoms with van der Waals surface area (Å²) in [5.74, 6) is 1.44. The molecule has 0 saturated carbocycles. The van der Waals surface area contributed by atoms with Gasteiger partial charge in [-0.15, -0.1) is 0 Å². The van der Waals surface area contributed by atoms with Gasteiger partial charge in [-0.05, 0) is 37.8 Å². The molecule has 2 fully saturated rings. The summed E-state index contributed by atoms with van der Waals surface area (Å²) in [7, 11) is 3.06. The van der Waals surface area contributed by atoms with E-state index in [1.165, 1.54) is 14.2 Å². The van der Waals surface area contributed by atoms with Gasteiger partial charge in [0.25, 0.3) is 11.8 Å². The summed E-state index contributed by atoms with van der Waals surface area (Å²) in [5, 5.41) is 0. The van der Waals surface area contributed by atoms with E-state index in [0.717, 1.165) is 25.7 Å². The Bertz CT molecular complexity index is 1220. The highest BCUT2D eigenvalue weighted by molar-refractivity contribution is 6.04. The lowest BCUT2D eigenvalue weighted by molar-refractivity contribution is 0.0767. The van der Waals surface area contributed by atoms with Crippen LogP contribution in [0.4, 0.5) is 11.4 Å². The lowest BCUT2D eigenvalue weighted by atomic mass is 10.1. The zero-order valence-corrected chi connectivity index (χ0v) is 20.8. The molecule has 2 atom stereocenters. The van der Waals surface area contributed by atoms with Gasteiger partial charge in [-0.3, -0.25) is 19.6 Å². The van der Waals surface area contributed by atoms with Crippen molar-refractivity contribution in [2.75, 3.05) is 34.1 Å². The highest BCUT2D eigenvalue weighted by atomic mass is 16.7. The van der Waals surface area contributed by atoms with Crippen molar-refractivity contribution in [2.45, 2.75) is 37.8 Å². The number of hydrogen-bond acceptors (Lipinski definition) is 8. The fraction of sp³-hybridized carbons (Fsp3) is 0.407. The highest BCUT2D eigenvalue weighted by Crippen LogP contribution is 2.40. The first-order chi connectivity index (χ1) is 18.1. The van der Waals surface area contributed by atoms with Gasteiger partial charge in [0.15, 0.2) is 23.0 Å². The van der Waals surface area contributed by atoms with E-state index in [-0.39, 0.29) is 30.7 Å². The molecular weight excluding hydrogens is 476 g/mol. The van der Waals surface area contributed by atoms with Crippen LogP contribution in [0.15, 0.2) is 34.3 Å². The predicted octanol–water partition coefficient (Wildman–Crippen LogP) is 3.76. The number of amides is 2. The maximum atomic E-state index is 13.2. The van der Waals surface area contributed by atoms with Crippen molar-refractivity contribution < 1.29 is 28.5 Å². The SMILES string of the molecule is COc1cc2c(cc1OCOc1cc3c(cc1OC)N=C[C@@H]1CCCN1C3=O)C(=O)N1CCC[C@H]1C=N2. The second kappa shape index (κ2) is 9.42. The van der Waals surface area contributed by atoms with E-state index in [1.807, 2.05) is 22.2 Å². The number of benzene rings is 2. The molecule has 37 heavy (non-hydrogen) atoms. The van der Waals surface area contributed by atoms with E-state index >= 15 is 0 Å². The Balaban J connectivity index is 1.24. The molecule has 0 aromatic heterocycles. The molecule has 0 radical (unpaired) electrons. The Morgan fingerprint density at radius 2 is 1.19 bits per heavy atom. The quantitative estimate of drug-likeness (QED) is 0.555. The maximum Gasteiger partial charge on any atom is 0.256 e. The number of ether oxygens (including phenoxy) is 4. The van der Waals surface area contributed by atoms with Crippen LogP contribution in [0, 0.1) is 0 Å². The van der Waals surface area contributed by atoms with Crippen LogP contribution in [0.5, 0.6) is 23.0 Å². The summed E-state index contributed by atoms with van der Waals surface area (Å²) >= 11 is 0. The molecule has 4 aliphatic heterocycles. The number of carbonyl (C=O) groups is 2. The fourth-order valence-electron chi connectivity index (χ4n) is 5.40. The molecule has 0 aliphatic carbocycles. The summed E-state index contributed by atoms with van der Waals surface area (Å²) in [6.45, 7) is 1.22. The van der Waals surface area contributed by atoms with E-state index in [2.05, 4.69) is 9.98 Å². The van der Waals surface area contributed by atoms with E-state index in [1.54, 1.807) is 24.3 Å². The second-order valence-electron chi connectivity index (χ2n) is 9.42. The summed E-state index contributed by atoms with van der Waals surface area (Å²) in [4.78, 5) is 39.1. The third kappa shape index (κ3) is 4.06. The van der Waals surface area contributed by atoms with Crippen molar-refractivity contribution in [1.29, 1.82) is 0 Å². The van der Waals surface area contributed by atoms with Crippen LogP contribution >= 0.6 is 0 Å². The Morgan fingerprint density at radius 1 is 0.730 bits per heavy atom. The van der Waals surface area contributed by atoms with E-state index in [9.17, 15) is 9.59 Å². The lowest BCUT2D eigenvalue weighted by Gasteiger charge is -2.21. The minimum Gasteiger partial charge on any atom is -0.493 e. The molecule has 0 spiro atoms. The Kier molecular flexibility index (Phi) is 5.94. The highest BCUT2D eigenvalue weighted by Gasteiger charge is 2.34. The third-order valence-electron chi connectivity index (χ3n) is 7.35. The van der Waals surface area contributed by atoms with Gasteiger partial charge in [0, 0.05) is 37.7 Å². The van der Waals surface area contributed by atoms with Crippen LogP contribution in [-0.2, 0) is 0 Å². The van der Waals surface area contributed by atoms with Crippen LogP contribution in [0.3, 0.4) is 0 Å². The van der Waals surface area contributed by atoms with Crippen molar-refractivity contribution in [2.24, 2.45) is 9.98 Å². The molecule has 0 N–H and O–H groups in total. The van der Waals surface area contributed by atoms with Crippen LogP contribution in [0.1, 0.15) is 46.4 Å². The fourth-order valence-corrected chi connectivity index (χ4v) is 5.40. The van der Waals surface area contributed by atoms with Gasteiger partial charge in [-0.2, -0.15) is 0 Å². The van der Waals surface area contributed by atoms with Crippen LogP contribution in [-0.4, -0.2) is 80.2 Å². The molecule has 192 valence electrons. The monoisotopic (exact) mass is 504 g/mol. The average molecular weight is 505 g/mol. The number of fused-ring (bicyclic) bond motifs is 4. The molecule has 0 bridgehead atoms. The number of aliphatic imine (C=N–C) groups is 2. The molecule has 6 rings (SSSR count). The zero-order chi connectivity index (χ0) is 25.5. The first-order valence-electron chi connectivity index (χ1n) is 12.5. The van der Waals surface area contributed by atoms with Gasteiger partial charge >= 0.3 is 0 Å². The van der Waals surface area contributed by atoms with Crippen molar-refractivity contribution in [3.63, 3.8) is 0 Å². The van der Waals surface area contributed by atoms with E-state index in [4.69, 9.17) is 18.9 Å².